The first-order valence-corrected chi connectivity index (χ1v) is 7.21. The largest absolute Gasteiger partial charge is 0.496 e. The fourth-order valence-electron chi connectivity index (χ4n) is 2.25. The van der Waals surface area contributed by atoms with E-state index in [9.17, 15) is 4.79 Å². The Hall–Kier alpha value is -2.33. The number of hydrogen-bond donors (Lipinski definition) is 0. The van der Waals surface area contributed by atoms with Gasteiger partial charge in [-0.15, -0.1) is 0 Å². The molecular formula is C18H21NO3. The molecule has 4 heteroatoms. The van der Waals surface area contributed by atoms with Gasteiger partial charge in [0.1, 0.15) is 5.75 Å². The van der Waals surface area contributed by atoms with Gasteiger partial charge >= 0.3 is 0 Å². The van der Waals surface area contributed by atoms with Crippen LogP contribution >= 0.6 is 0 Å². The van der Waals surface area contributed by atoms with Crippen LogP contribution in [0.4, 0.5) is 0 Å². The minimum atomic E-state index is -0.0571. The van der Waals surface area contributed by atoms with E-state index in [4.69, 9.17) is 9.47 Å². The first-order valence-electron chi connectivity index (χ1n) is 7.21. The topological polar surface area (TPSA) is 38.8 Å². The third kappa shape index (κ3) is 4.09. The molecule has 0 aromatic heterocycles. The fourth-order valence-corrected chi connectivity index (χ4v) is 2.25. The number of methoxy groups -OCH3 is 2. The Morgan fingerprint density at radius 3 is 2.36 bits per heavy atom. The van der Waals surface area contributed by atoms with Crippen molar-refractivity contribution in [3.05, 3.63) is 65.7 Å². The molecule has 1 amide bonds. The van der Waals surface area contributed by atoms with Crippen LogP contribution in [0.1, 0.15) is 15.9 Å². The molecule has 0 N–H and O–H groups in total. The van der Waals surface area contributed by atoms with Crippen LogP contribution in [0.3, 0.4) is 0 Å². The molecule has 2 rings (SSSR count). The molecule has 0 aliphatic heterocycles. The zero-order valence-corrected chi connectivity index (χ0v) is 13.0. The molecule has 0 spiro atoms. The molecule has 0 aliphatic rings. The summed E-state index contributed by atoms with van der Waals surface area (Å²) in [5.74, 6) is 0.529. The van der Waals surface area contributed by atoms with Gasteiger partial charge in [0.25, 0.3) is 5.91 Å². The van der Waals surface area contributed by atoms with Crippen LogP contribution in [0.15, 0.2) is 54.6 Å². The molecule has 0 bridgehead atoms. The van der Waals surface area contributed by atoms with Gasteiger partial charge in [-0.05, 0) is 17.7 Å². The number of ether oxygens (including phenoxy) is 2. The van der Waals surface area contributed by atoms with E-state index in [1.807, 2.05) is 42.5 Å². The molecule has 2 aromatic carbocycles. The first-order chi connectivity index (χ1) is 10.8. The number of hydrogen-bond acceptors (Lipinski definition) is 3. The lowest BCUT2D eigenvalue weighted by Gasteiger charge is -2.23. The number of nitrogens with zero attached hydrogens (tertiary/aromatic N) is 1. The number of para-hydroxylation sites is 1. The van der Waals surface area contributed by atoms with Gasteiger partial charge in [-0.1, -0.05) is 42.5 Å². The van der Waals surface area contributed by atoms with Crippen LogP contribution in [0, 0.1) is 0 Å². The van der Waals surface area contributed by atoms with Crippen molar-refractivity contribution in [2.75, 3.05) is 27.4 Å². The molecule has 0 atom stereocenters. The Kier molecular flexibility index (Phi) is 5.98. The molecule has 2 aromatic rings. The van der Waals surface area contributed by atoms with Gasteiger partial charge in [-0.25, -0.2) is 0 Å². The highest BCUT2D eigenvalue weighted by molar-refractivity contribution is 5.96. The highest BCUT2D eigenvalue weighted by Gasteiger charge is 2.19. The molecule has 116 valence electrons. The van der Waals surface area contributed by atoms with E-state index >= 15 is 0 Å². The molecule has 4 nitrogen and oxygen atoms in total. The average molecular weight is 299 g/mol. The van der Waals surface area contributed by atoms with E-state index in [1.54, 1.807) is 31.3 Å². The number of amides is 1. The van der Waals surface area contributed by atoms with Gasteiger partial charge in [-0.2, -0.15) is 0 Å². The van der Waals surface area contributed by atoms with Crippen molar-refractivity contribution in [1.29, 1.82) is 0 Å². The Labute approximate surface area is 131 Å². The first kappa shape index (κ1) is 16.0. The maximum absolute atomic E-state index is 12.8. The molecule has 0 saturated carbocycles. The Morgan fingerprint density at radius 2 is 1.68 bits per heavy atom. The summed E-state index contributed by atoms with van der Waals surface area (Å²) >= 11 is 0. The number of benzene rings is 2. The van der Waals surface area contributed by atoms with E-state index in [-0.39, 0.29) is 5.91 Å². The minimum Gasteiger partial charge on any atom is -0.496 e. The molecule has 0 heterocycles. The smallest absolute Gasteiger partial charge is 0.257 e. The van der Waals surface area contributed by atoms with Gasteiger partial charge < -0.3 is 14.4 Å². The average Bonchev–Trinajstić information content (AvgIpc) is 2.58. The van der Waals surface area contributed by atoms with Gasteiger partial charge in [0.05, 0.1) is 19.3 Å². The summed E-state index contributed by atoms with van der Waals surface area (Å²) in [6, 6.07) is 17.2. The number of carbonyl (C=O) groups is 1. The molecule has 0 aliphatic carbocycles. The lowest BCUT2D eigenvalue weighted by molar-refractivity contribution is 0.0677. The molecule has 22 heavy (non-hydrogen) atoms. The van der Waals surface area contributed by atoms with Gasteiger partial charge in [0.2, 0.25) is 0 Å². The standard InChI is InChI=1S/C18H21NO3/c1-21-13-12-19(14-15-8-4-3-5-9-15)18(20)16-10-6-7-11-17(16)22-2/h3-11H,12-14H2,1-2H3. The summed E-state index contributed by atoms with van der Waals surface area (Å²) in [6.07, 6.45) is 0. The van der Waals surface area contributed by atoms with E-state index in [2.05, 4.69) is 0 Å². The Bertz CT molecular complexity index is 598. The third-order valence-corrected chi connectivity index (χ3v) is 3.41. The molecular weight excluding hydrogens is 278 g/mol. The quantitative estimate of drug-likeness (QED) is 0.789. The Balaban J connectivity index is 2.22. The zero-order valence-electron chi connectivity index (χ0n) is 13.0. The SMILES string of the molecule is COCCN(Cc1ccccc1)C(=O)c1ccccc1OC. The van der Waals surface area contributed by atoms with Gasteiger partial charge in [-0.3, -0.25) is 4.79 Å². The maximum Gasteiger partial charge on any atom is 0.257 e. The van der Waals surface area contributed by atoms with E-state index < -0.39 is 0 Å². The highest BCUT2D eigenvalue weighted by Crippen LogP contribution is 2.20. The highest BCUT2D eigenvalue weighted by atomic mass is 16.5. The van der Waals surface area contributed by atoms with Crippen LogP contribution in [0.2, 0.25) is 0 Å². The predicted molar refractivity (Wildman–Crippen MR) is 86.1 cm³/mol. The van der Waals surface area contributed by atoms with Crippen molar-refractivity contribution < 1.29 is 14.3 Å². The fraction of sp³-hybridized carbons (Fsp3) is 0.278. The van der Waals surface area contributed by atoms with E-state index in [0.717, 1.165) is 5.56 Å². The summed E-state index contributed by atoms with van der Waals surface area (Å²) in [7, 11) is 3.21. The van der Waals surface area contributed by atoms with E-state index in [0.29, 0.717) is 31.0 Å². The zero-order chi connectivity index (χ0) is 15.8. The predicted octanol–water partition coefficient (Wildman–Crippen LogP) is 2.98. The molecule has 0 fully saturated rings. The number of carbonyl (C=O) groups excluding carboxylic acids is 1. The normalized spacial score (nSPS) is 10.3. The van der Waals surface area contributed by atoms with Crippen molar-refractivity contribution in [3.8, 4) is 5.75 Å². The van der Waals surface area contributed by atoms with Crippen LogP contribution in [-0.2, 0) is 11.3 Å². The molecule has 0 unspecified atom stereocenters. The maximum atomic E-state index is 12.8. The second kappa shape index (κ2) is 8.20. The van der Waals surface area contributed by atoms with Gasteiger partial charge in [0, 0.05) is 20.2 Å². The van der Waals surface area contributed by atoms with Crippen molar-refractivity contribution in [1.82, 2.24) is 4.90 Å². The summed E-state index contributed by atoms with van der Waals surface area (Å²) < 4.78 is 10.4. The summed E-state index contributed by atoms with van der Waals surface area (Å²) in [5.41, 5.74) is 1.65. The van der Waals surface area contributed by atoms with Crippen molar-refractivity contribution >= 4 is 5.91 Å². The van der Waals surface area contributed by atoms with Crippen molar-refractivity contribution in [2.45, 2.75) is 6.54 Å². The lowest BCUT2D eigenvalue weighted by Crippen LogP contribution is -2.33. The summed E-state index contributed by atoms with van der Waals surface area (Å²) in [4.78, 5) is 14.6. The Morgan fingerprint density at radius 1 is 1.00 bits per heavy atom. The molecule has 0 radical (unpaired) electrons. The van der Waals surface area contributed by atoms with Crippen LogP contribution < -0.4 is 4.74 Å². The van der Waals surface area contributed by atoms with Crippen molar-refractivity contribution in [3.63, 3.8) is 0 Å². The van der Waals surface area contributed by atoms with Crippen LogP contribution in [-0.4, -0.2) is 38.2 Å². The summed E-state index contributed by atoms with van der Waals surface area (Å²) in [5, 5.41) is 0. The minimum absolute atomic E-state index is 0.0571. The lowest BCUT2D eigenvalue weighted by atomic mass is 10.1. The third-order valence-electron chi connectivity index (χ3n) is 3.41. The van der Waals surface area contributed by atoms with Crippen LogP contribution in [0.5, 0.6) is 5.75 Å². The number of rotatable bonds is 7. The van der Waals surface area contributed by atoms with Gasteiger partial charge in [0.15, 0.2) is 0 Å². The van der Waals surface area contributed by atoms with E-state index in [1.165, 1.54) is 0 Å². The van der Waals surface area contributed by atoms with Crippen LogP contribution in [0.25, 0.3) is 0 Å². The monoisotopic (exact) mass is 299 g/mol. The summed E-state index contributed by atoms with van der Waals surface area (Å²) in [6.45, 7) is 1.57. The van der Waals surface area contributed by atoms with Crippen molar-refractivity contribution in [2.24, 2.45) is 0 Å². The second-order valence-corrected chi connectivity index (χ2v) is 4.91. The second-order valence-electron chi connectivity index (χ2n) is 4.91. The molecule has 0 saturated heterocycles.